The summed E-state index contributed by atoms with van der Waals surface area (Å²) in [7, 11) is 0. The van der Waals surface area contributed by atoms with Crippen molar-refractivity contribution in [1.82, 2.24) is 4.90 Å². The Labute approximate surface area is 137 Å². The molecular formula is C21H21NO. The van der Waals surface area contributed by atoms with Crippen molar-refractivity contribution < 1.29 is 4.79 Å². The first kappa shape index (κ1) is 14.4. The van der Waals surface area contributed by atoms with Gasteiger partial charge in [0.05, 0.1) is 0 Å². The number of benzene rings is 2. The third-order valence-electron chi connectivity index (χ3n) is 5.24. The fraction of sp³-hybridized carbons (Fsp3) is 0.286. The Morgan fingerprint density at radius 1 is 1.04 bits per heavy atom. The highest BCUT2D eigenvalue weighted by molar-refractivity contribution is 6.01. The Balaban J connectivity index is 1.73. The summed E-state index contributed by atoms with van der Waals surface area (Å²) in [5.41, 5.74) is 4.96. The summed E-state index contributed by atoms with van der Waals surface area (Å²) >= 11 is 0. The largest absolute Gasteiger partial charge is 0.294 e. The van der Waals surface area contributed by atoms with E-state index in [0.29, 0.717) is 12.5 Å². The van der Waals surface area contributed by atoms with Crippen LogP contribution < -0.4 is 0 Å². The lowest BCUT2D eigenvalue weighted by Crippen LogP contribution is -2.31. The van der Waals surface area contributed by atoms with Crippen molar-refractivity contribution in [3.63, 3.8) is 0 Å². The smallest absolute Gasteiger partial charge is 0.165 e. The molecule has 0 bridgehead atoms. The third kappa shape index (κ3) is 2.34. The number of hydrogen-bond acceptors (Lipinski definition) is 2. The number of rotatable bonds is 4. The molecule has 0 saturated heterocycles. The van der Waals surface area contributed by atoms with Crippen LogP contribution in [0.15, 0.2) is 61.2 Å². The van der Waals surface area contributed by atoms with Crippen LogP contribution in [0.2, 0.25) is 0 Å². The minimum atomic E-state index is 0.174. The number of carbonyl (C=O) groups excluding carboxylic acids is 1. The zero-order valence-electron chi connectivity index (χ0n) is 13.2. The van der Waals surface area contributed by atoms with Gasteiger partial charge in [-0.05, 0) is 29.5 Å². The molecule has 0 N–H and O–H groups in total. The summed E-state index contributed by atoms with van der Waals surface area (Å²) in [5, 5.41) is 0. The minimum absolute atomic E-state index is 0.174. The van der Waals surface area contributed by atoms with E-state index in [1.165, 1.54) is 16.7 Å². The van der Waals surface area contributed by atoms with Crippen LogP contribution in [0.1, 0.15) is 52.0 Å². The maximum atomic E-state index is 12.4. The van der Waals surface area contributed by atoms with Crippen LogP contribution in [0.4, 0.5) is 0 Å². The molecule has 116 valence electrons. The molecule has 2 nitrogen and oxygen atoms in total. The van der Waals surface area contributed by atoms with Crippen LogP contribution in [0.5, 0.6) is 0 Å². The molecule has 2 aliphatic rings. The van der Waals surface area contributed by atoms with E-state index >= 15 is 0 Å². The second-order valence-corrected chi connectivity index (χ2v) is 6.47. The first-order chi connectivity index (χ1) is 11.3. The van der Waals surface area contributed by atoms with E-state index in [2.05, 4.69) is 41.8 Å². The van der Waals surface area contributed by atoms with Gasteiger partial charge < -0.3 is 0 Å². The van der Waals surface area contributed by atoms with E-state index in [1.54, 1.807) is 0 Å². The number of nitrogens with zero attached hydrogens (tertiary/aromatic N) is 1. The van der Waals surface area contributed by atoms with E-state index in [0.717, 1.165) is 24.9 Å². The van der Waals surface area contributed by atoms with Crippen molar-refractivity contribution in [3.8, 4) is 0 Å². The lowest BCUT2D eigenvalue weighted by molar-refractivity contribution is 0.0925. The zero-order valence-corrected chi connectivity index (χ0v) is 13.2. The Kier molecular flexibility index (Phi) is 3.62. The molecule has 2 unspecified atom stereocenters. The van der Waals surface area contributed by atoms with Gasteiger partial charge in [0.15, 0.2) is 5.78 Å². The normalized spacial score (nSPS) is 22.2. The molecule has 4 rings (SSSR count). The van der Waals surface area contributed by atoms with Gasteiger partial charge in [-0.15, -0.1) is 6.58 Å². The van der Waals surface area contributed by atoms with Gasteiger partial charge in [-0.2, -0.15) is 0 Å². The van der Waals surface area contributed by atoms with Crippen molar-refractivity contribution in [2.24, 2.45) is 0 Å². The molecule has 0 amide bonds. The minimum Gasteiger partial charge on any atom is -0.294 e. The second-order valence-electron chi connectivity index (χ2n) is 6.47. The highest BCUT2D eigenvalue weighted by Gasteiger charge is 2.38. The van der Waals surface area contributed by atoms with Crippen molar-refractivity contribution in [2.45, 2.75) is 31.3 Å². The molecule has 0 fully saturated rings. The predicted octanol–water partition coefficient (Wildman–Crippen LogP) is 4.49. The summed E-state index contributed by atoms with van der Waals surface area (Å²) in [6.45, 7) is 4.76. The van der Waals surface area contributed by atoms with Crippen LogP contribution in [-0.4, -0.2) is 17.2 Å². The average molecular weight is 303 g/mol. The molecule has 2 aromatic rings. The molecular weight excluding hydrogens is 282 g/mol. The maximum Gasteiger partial charge on any atom is 0.165 e. The average Bonchev–Trinajstić information content (AvgIpc) is 3.15. The topological polar surface area (TPSA) is 20.3 Å². The summed E-state index contributed by atoms with van der Waals surface area (Å²) < 4.78 is 0. The van der Waals surface area contributed by atoms with Gasteiger partial charge in [0.2, 0.25) is 0 Å². The van der Waals surface area contributed by atoms with E-state index in [1.807, 2.05) is 24.3 Å². The summed E-state index contributed by atoms with van der Waals surface area (Å²) in [4.78, 5) is 14.9. The van der Waals surface area contributed by atoms with Crippen molar-refractivity contribution >= 4 is 5.78 Å². The molecule has 0 radical (unpaired) electrons. The van der Waals surface area contributed by atoms with Gasteiger partial charge in [0.1, 0.15) is 0 Å². The molecule has 2 heteroatoms. The van der Waals surface area contributed by atoms with Gasteiger partial charge >= 0.3 is 0 Å². The number of ketones is 1. The number of aryl methyl sites for hydroxylation is 1. The summed E-state index contributed by atoms with van der Waals surface area (Å²) in [6.07, 6.45) is 4.80. The number of Topliss-reactive ketones (excluding diaryl/α,β-unsaturated/α-hetero) is 1. The van der Waals surface area contributed by atoms with E-state index in [9.17, 15) is 4.79 Å². The highest BCUT2D eigenvalue weighted by Crippen LogP contribution is 2.44. The molecule has 2 aliphatic carbocycles. The third-order valence-corrected chi connectivity index (χ3v) is 5.24. The fourth-order valence-corrected chi connectivity index (χ4v) is 4.23. The standard InChI is InChI=1S/C21H21NO/c1-2-13-22(19-12-11-15-7-3-4-8-16(15)19)20-14-21(23)18-10-6-5-9-17(18)20/h2-10,19-20H,1,11-14H2. The second kappa shape index (κ2) is 5.78. The highest BCUT2D eigenvalue weighted by atomic mass is 16.1. The molecule has 0 aromatic heterocycles. The SMILES string of the molecule is C=CCN(C1CCc2ccccc21)C1CC(=O)c2ccccc21. The van der Waals surface area contributed by atoms with Gasteiger partial charge in [-0.1, -0.05) is 54.6 Å². The van der Waals surface area contributed by atoms with Crippen LogP contribution in [0.25, 0.3) is 0 Å². The number of carbonyl (C=O) groups is 1. The molecule has 0 aliphatic heterocycles. The van der Waals surface area contributed by atoms with E-state index in [-0.39, 0.29) is 11.8 Å². The Hall–Kier alpha value is -2.19. The lowest BCUT2D eigenvalue weighted by Gasteiger charge is -2.34. The number of fused-ring (bicyclic) bond motifs is 2. The Bertz CT molecular complexity index is 764. The Morgan fingerprint density at radius 3 is 2.61 bits per heavy atom. The zero-order chi connectivity index (χ0) is 15.8. The van der Waals surface area contributed by atoms with E-state index in [4.69, 9.17) is 0 Å². The van der Waals surface area contributed by atoms with Crippen LogP contribution in [0.3, 0.4) is 0 Å². The van der Waals surface area contributed by atoms with Gasteiger partial charge in [0.25, 0.3) is 0 Å². The molecule has 0 heterocycles. The monoisotopic (exact) mass is 303 g/mol. The van der Waals surface area contributed by atoms with Crippen LogP contribution >= 0.6 is 0 Å². The lowest BCUT2D eigenvalue weighted by atomic mass is 10.0. The Morgan fingerprint density at radius 2 is 1.78 bits per heavy atom. The molecule has 23 heavy (non-hydrogen) atoms. The van der Waals surface area contributed by atoms with Crippen molar-refractivity contribution in [1.29, 1.82) is 0 Å². The summed E-state index contributed by atoms with van der Waals surface area (Å²) in [6, 6.07) is 17.3. The molecule has 0 spiro atoms. The van der Waals surface area contributed by atoms with Gasteiger partial charge in [0, 0.05) is 30.6 Å². The van der Waals surface area contributed by atoms with Gasteiger partial charge in [-0.3, -0.25) is 9.69 Å². The predicted molar refractivity (Wildman–Crippen MR) is 92.5 cm³/mol. The molecule has 2 aromatic carbocycles. The number of hydrogen-bond donors (Lipinski definition) is 0. The molecule has 0 saturated carbocycles. The molecule has 2 atom stereocenters. The van der Waals surface area contributed by atoms with Crippen molar-refractivity contribution in [3.05, 3.63) is 83.4 Å². The first-order valence-corrected chi connectivity index (χ1v) is 8.36. The van der Waals surface area contributed by atoms with Crippen LogP contribution in [-0.2, 0) is 6.42 Å². The van der Waals surface area contributed by atoms with Crippen LogP contribution in [0, 0.1) is 0 Å². The van der Waals surface area contributed by atoms with Crippen molar-refractivity contribution in [2.75, 3.05) is 6.54 Å². The van der Waals surface area contributed by atoms with E-state index < -0.39 is 0 Å². The summed E-state index contributed by atoms with van der Waals surface area (Å²) in [5.74, 6) is 0.269. The first-order valence-electron chi connectivity index (χ1n) is 8.36. The quantitative estimate of drug-likeness (QED) is 0.776. The fourth-order valence-electron chi connectivity index (χ4n) is 4.23. The van der Waals surface area contributed by atoms with Gasteiger partial charge in [-0.25, -0.2) is 0 Å². The maximum absolute atomic E-state index is 12.4.